The predicted octanol–water partition coefficient (Wildman–Crippen LogP) is 0.522. The van der Waals surface area contributed by atoms with Gasteiger partial charge in [0.2, 0.25) is 5.95 Å². The Hall–Kier alpha value is -2.24. The topological polar surface area (TPSA) is 90.2 Å². The van der Waals surface area contributed by atoms with Crippen LogP contribution in [0.3, 0.4) is 0 Å². The monoisotopic (exact) mass is 221 g/mol. The van der Waals surface area contributed by atoms with Crippen molar-refractivity contribution in [2.45, 2.75) is 0 Å². The van der Waals surface area contributed by atoms with Crippen molar-refractivity contribution in [3.63, 3.8) is 0 Å². The molecule has 16 heavy (non-hydrogen) atoms. The van der Waals surface area contributed by atoms with Gasteiger partial charge in [-0.15, -0.1) is 0 Å². The SMILES string of the molecule is COc1cc(OC)c2c(=O)[nH]c(N)nc2c1. The highest BCUT2D eigenvalue weighted by Crippen LogP contribution is 2.27. The fourth-order valence-corrected chi connectivity index (χ4v) is 1.51. The molecule has 0 aliphatic rings. The van der Waals surface area contributed by atoms with E-state index in [1.807, 2.05) is 0 Å². The maximum Gasteiger partial charge on any atom is 0.263 e. The fourth-order valence-electron chi connectivity index (χ4n) is 1.51. The molecule has 1 heterocycles. The average molecular weight is 221 g/mol. The van der Waals surface area contributed by atoms with Crippen molar-refractivity contribution in [1.82, 2.24) is 9.97 Å². The molecular formula is C10H11N3O3. The molecular weight excluding hydrogens is 210 g/mol. The lowest BCUT2D eigenvalue weighted by atomic mass is 10.2. The summed E-state index contributed by atoms with van der Waals surface area (Å²) < 4.78 is 10.2. The van der Waals surface area contributed by atoms with E-state index in [4.69, 9.17) is 15.2 Å². The van der Waals surface area contributed by atoms with E-state index in [-0.39, 0.29) is 11.5 Å². The second-order valence-corrected chi connectivity index (χ2v) is 3.17. The minimum absolute atomic E-state index is 0.0628. The molecule has 0 atom stereocenters. The standard InChI is InChI=1S/C10H11N3O3/c1-15-5-3-6-8(7(4-5)16-2)9(14)13-10(11)12-6/h3-4H,1-2H3,(H3,11,12,13,14). The van der Waals surface area contributed by atoms with Crippen LogP contribution in [0.1, 0.15) is 0 Å². The lowest BCUT2D eigenvalue weighted by molar-refractivity contribution is 0.397. The number of hydrogen-bond acceptors (Lipinski definition) is 5. The Balaban J connectivity index is 2.89. The zero-order valence-corrected chi connectivity index (χ0v) is 8.90. The Morgan fingerprint density at radius 3 is 2.69 bits per heavy atom. The van der Waals surface area contributed by atoms with Crippen LogP contribution < -0.4 is 20.8 Å². The van der Waals surface area contributed by atoms with Crippen LogP contribution in [0.5, 0.6) is 11.5 Å². The van der Waals surface area contributed by atoms with Gasteiger partial charge >= 0.3 is 0 Å². The lowest BCUT2D eigenvalue weighted by Crippen LogP contribution is -2.12. The molecule has 6 heteroatoms. The van der Waals surface area contributed by atoms with Crippen LogP contribution >= 0.6 is 0 Å². The molecule has 0 saturated heterocycles. The number of anilines is 1. The van der Waals surface area contributed by atoms with Crippen molar-refractivity contribution in [3.8, 4) is 11.5 Å². The zero-order chi connectivity index (χ0) is 11.7. The van der Waals surface area contributed by atoms with Crippen molar-refractivity contribution >= 4 is 16.9 Å². The Morgan fingerprint density at radius 1 is 1.31 bits per heavy atom. The van der Waals surface area contributed by atoms with Gasteiger partial charge in [0.1, 0.15) is 16.9 Å². The molecule has 0 aliphatic carbocycles. The molecule has 0 unspecified atom stereocenters. The lowest BCUT2D eigenvalue weighted by Gasteiger charge is -2.07. The first-order valence-electron chi connectivity index (χ1n) is 4.57. The normalized spacial score (nSPS) is 10.4. The number of nitrogens with one attached hydrogen (secondary N) is 1. The summed E-state index contributed by atoms with van der Waals surface area (Å²) in [5, 5.41) is 0.359. The number of nitrogen functional groups attached to an aromatic ring is 1. The number of aromatic amines is 1. The highest BCUT2D eigenvalue weighted by molar-refractivity contribution is 5.86. The molecule has 1 aromatic carbocycles. The predicted molar refractivity (Wildman–Crippen MR) is 59.9 cm³/mol. The quantitative estimate of drug-likeness (QED) is 0.771. The molecule has 0 spiro atoms. The number of H-pyrrole nitrogens is 1. The summed E-state index contributed by atoms with van der Waals surface area (Å²) >= 11 is 0. The van der Waals surface area contributed by atoms with Gasteiger partial charge in [-0.25, -0.2) is 4.98 Å². The molecule has 0 radical (unpaired) electrons. The van der Waals surface area contributed by atoms with E-state index in [1.165, 1.54) is 14.2 Å². The van der Waals surface area contributed by atoms with Gasteiger partial charge in [-0.3, -0.25) is 9.78 Å². The van der Waals surface area contributed by atoms with Gasteiger partial charge in [0.05, 0.1) is 19.7 Å². The number of hydrogen-bond donors (Lipinski definition) is 2. The number of benzene rings is 1. The zero-order valence-electron chi connectivity index (χ0n) is 8.90. The highest BCUT2D eigenvalue weighted by Gasteiger charge is 2.10. The smallest absolute Gasteiger partial charge is 0.263 e. The van der Waals surface area contributed by atoms with Crippen LogP contribution in [0, 0.1) is 0 Å². The van der Waals surface area contributed by atoms with E-state index in [0.29, 0.717) is 22.4 Å². The third-order valence-electron chi connectivity index (χ3n) is 2.22. The summed E-state index contributed by atoms with van der Waals surface area (Å²) in [5.41, 5.74) is 5.57. The Morgan fingerprint density at radius 2 is 2.06 bits per heavy atom. The summed E-state index contributed by atoms with van der Waals surface area (Å²) in [6.07, 6.45) is 0. The van der Waals surface area contributed by atoms with E-state index >= 15 is 0 Å². The molecule has 0 fully saturated rings. The maximum atomic E-state index is 11.7. The van der Waals surface area contributed by atoms with Crippen LogP contribution in [-0.2, 0) is 0 Å². The molecule has 6 nitrogen and oxygen atoms in total. The van der Waals surface area contributed by atoms with Gasteiger partial charge in [-0.1, -0.05) is 0 Å². The van der Waals surface area contributed by atoms with Crippen LogP contribution in [0.4, 0.5) is 5.95 Å². The average Bonchev–Trinajstić information content (AvgIpc) is 2.26. The Labute approximate surface area is 91.0 Å². The molecule has 84 valence electrons. The molecule has 1 aromatic heterocycles. The third-order valence-corrected chi connectivity index (χ3v) is 2.22. The van der Waals surface area contributed by atoms with Gasteiger partial charge in [0, 0.05) is 12.1 Å². The Bertz CT molecular complexity index is 592. The van der Waals surface area contributed by atoms with E-state index in [2.05, 4.69) is 9.97 Å². The highest BCUT2D eigenvalue weighted by atomic mass is 16.5. The molecule has 0 amide bonds. The summed E-state index contributed by atoms with van der Waals surface area (Å²) in [7, 11) is 3.00. The maximum absolute atomic E-state index is 11.7. The van der Waals surface area contributed by atoms with Gasteiger partial charge in [-0.2, -0.15) is 0 Å². The Kier molecular flexibility index (Phi) is 2.40. The van der Waals surface area contributed by atoms with Crippen LogP contribution in [0.15, 0.2) is 16.9 Å². The number of nitrogens with zero attached hydrogens (tertiary/aromatic N) is 1. The van der Waals surface area contributed by atoms with E-state index in [0.717, 1.165) is 0 Å². The van der Waals surface area contributed by atoms with Gasteiger partial charge < -0.3 is 15.2 Å². The first-order valence-corrected chi connectivity index (χ1v) is 4.57. The summed E-state index contributed by atoms with van der Waals surface area (Å²) in [4.78, 5) is 18.1. The minimum Gasteiger partial charge on any atom is -0.497 e. The van der Waals surface area contributed by atoms with E-state index < -0.39 is 0 Å². The number of aromatic nitrogens is 2. The van der Waals surface area contributed by atoms with Crippen LogP contribution in [-0.4, -0.2) is 24.2 Å². The molecule has 3 N–H and O–H groups in total. The molecule has 0 saturated carbocycles. The number of methoxy groups -OCH3 is 2. The molecule has 2 rings (SSSR count). The van der Waals surface area contributed by atoms with Crippen molar-refractivity contribution < 1.29 is 9.47 Å². The van der Waals surface area contributed by atoms with Crippen molar-refractivity contribution in [2.75, 3.05) is 20.0 Å². The second kappa shape index (κ2) is 3.73. The van der Waals surface area contributed by atoms with Gasteiger partial charge in [-0.05, 0) is 0 Å². The van der Waals surface area contributed by atoms with Crippen molar-refractivity contribution in [3.05, 3.63) is 22.5 Å². The van der Waals surface area contributed by atoms with Crippen LogP contribution in [0.25, 0.3) is 10.9 Å². The summed E-state index contributed by atoms with van der Waals surface area (Å²) in [6, 6.07) is 3.25. The summed E-state index contributed by atoms with van der Waals surface area (Å²) in [6.45, 7) is 0. The first kappa shape index (κ1) is 10.3. The largest absolute Gasteiger partial charge is 0.497 e. The van der Waals surface area contributed by atoms with E-state index in [9.17, 15) is 4.79 Å². The number of fused-ring (bicyclic) bond motifs is 1. The summed E-state index contributed by atoms with van der Waals surface area (Å²) in [5.74, 6) is 1.03. The first-order chi connectivity index (χ1) is 7.65. The van der Waals surface area contributed by atoms with E-state index in [1.54, 1.807) is 12.1 Å². The second-order valence-electron chi connectivity index (χ2n) is 3.17. The molecule has 2 aromatic rings. The minimum atomic E-state index is -0.331. The van der Waals surface area contributed by atoms with Crippen molar-refractivity contribution in [1.29, 1.82) is 0 Å². The fraction of sp³-hybridized carbons (Fsp3) is 0.200. The number of rotatable bonds is 2. The molecule has 0 bridgehead atoms. The van der Waals surface area contributed by atoms with Crippen LogP contribution in [0.2, 0.25) is 0 Å². The number of nitrogens with two attached hydrogens (primary N) is 1. The number of ether oxygens (including phenoxy) is 2. The third kappa shape index (κ3) is 1.54. The molecule has 0 aliphatic heterocycles. The van der Waals surface area contributed by atoms with Crippen molar-refractivity contribution in [2.24, 2.45) is 0 Å². The van der Waals surface area contributed by atoms with Gasteiger partial charge in [0.15, 0.2) is 0 Å². The van der Waals surface area contributed by atoms with Gasteiger partial charge in [0.25, 0.3) is 5.56 Å².